The number of benzene rings is 2. The standard InChI is InChI=1S/C22H27N3O3/c23-22(26)19-4-6-21-18(14-19)3-2-17-13-16(1-5-20(17)28-21)15-24-7-8-25-9-11-27-12-10-25/h1,4-6,13-14,24H,2-3,7-12,15H2,(H2,23,26). The number of amides is 1. The Kier molecular flexibility index (Phi) is 5.90. The van der Waals surface area contributed by atoms with Crippen molar-refractivity contribution < 1.29 is 14.3 Å². The van der Waals surface area contributed by atoms with E-state index in [0.29, 0.717) is 5.56 Å². The van der Waals surface area contributed by atoms with Gasteiger partial charge in [0.2, 0.25) is 5.91 Å². The van der Waals surface area contributed by atoms with Crippen LogP contribution in [-0.4, -0.2) is 50.2 Å². The number of morpholine rings is 1. The molecule has 4 rings (SSSR count). The van der Waals surface area contributed by atoms with Crippen molar-refractivity contribution in [1.82, 2.24) is 10.2 Å². The Balaban J connectivity index is 1.35. The summed E-state index contributed by atoms with van der Waals surface area (Å²) < 4.78 is 11.5. The van der Waals surface area contributed by atoms with E-state index in [1.807, 2.05) is 18.2 Å². The summed E-state index contributed by atoms with van der Waals surface area (Å²) in [6.45, 7) is 6.59. The predicted molar refractivity (Wildman–Crippen MR) is 108 cm³/mol. The molecule has 2 aliphatic heterocycles. The molecule has 148 valence electrons. The Morgan fingerprint density at radius 3 is 2.50 bits per heavy atom. The SMILES string of the molecule is NC(=O)c1ccc2c(c1)CCc1cc(CNCCN3CCOCC3)ccc1O2. The first-order valence-electron chi connectivity index (χ1n) is 9.92. The second kappa shape index (κ2) is 8.73. The Labute approximate surface area is 165 Å². The van der Waals surface area contributed by atoms with Gasteiger partial charge >= 0.3 is 0 Å². The monoisotopic (exact) mass is 381 g/mol. The van der Waals surface area contributed by atoms with E-state index in [1.165, 1.54) is 11.1 Å². The van der Waals surface area contributed by atoms with Gasteiger partial charge in [0.15, 0.2) is 0 Å². The zero-order chi connectivity index (χ0) is 19.3. The van der Waals surface area contributed by atoms with Crippen LogP contribution < -0.4 is 15.8 Å². The number of ether oxygens (including phenoxy) is 2. The van der Waals surface area contributed by atoms with Gasteiger partial charge in [-0.1, -0.05) is 12.1 Å². The van der Waals surface area contributed by atoms with Crippen molar-refractivity contribution in [2.45, 2.75) is 19.4 Å². The summed E-state index contributed by atoms with van der Waals surface area (Å²) in [5, 5.41) is 3.53. The molecule has 0 unspecified atom stereocenters. The molecule has 2 heterocycles. The minimum atomic E-state index is -0.407. The molecule has 2 aromatic carbocycles. The van der Waals surface area contributed by atoms with E-state index in [1.54, 1.807) is 6.07 Å². The van der Waals surface area contributed by atoms with E-state index in [9.17, 15) is 4.79 Å². The molecule has 0 atom stereocenters. The van der Waals surface area contributed by atoms with Crippen LogP contribution in [0.15, 0.2) is 36.4 Å². The molecule has 0 radical (unpaired) electrons. The molecule has 28 heavy (non-hydrogen) atoms. The van der Waals surface area contributed by atoms with Gasteiger partial charge in [0.25, 0.3) is 0 Å². The van der Waals surface area contributed by atoms with Gasteiger partial charge in [-0.15, -0.1) is 0 Å². The minimum absolute atomic E-state index is 0.407. The Bertz CT molecular complexity index is 847. The van der Waals surface area contributed by atoms with E-state index in [4.69, 9.17) is 15.2 Å². The van der Waals surface area contributed by atoms with Gasteiger partial charge in [-0.25, -0.2) is 0 Å². The van der Waals surface area contributed by atoms with Gasteiger partial charge in [0.05, 0.1) is 13.2 Å². The highest BCUT2D eigenvalue weighted by Gasteiger charge is 2.16. The van der Waals surface area contributed by atoms with Crippen LogP contribution in [0.25, 0.3) is 0 Å². The van der Waals surface area contributed by atoms with Crippen molar-refractivity contribution in [3.8, 4) is 11.5 Å². The third-order valence-corrected chi connectivity index (χ3v) is 5.39. The zero-order valence-corrected chi connectivity index (χ0v) is 16.1. The lowest BCUT2D eigenvalue weighted by Gasteiger charge is -2.26. The smallest absolute Gasteiger partial charge is 0.248 e. The first kappa shape index (κ1) is 18.9. The second-order valence-electron chi connectivity index (χ2n) is 7.36. The molecule has 0 saturated carbocycles. The van der Waals surface area contributed by atoms with E-state index in [0.717, 1.165) is 75.8 Å². The fourth-order valence-corrected chi connectivity index (χ4v) is 3.75. The average Bonchev–Trinajstić information content (AvgIpc) is 2.90. The second-order valence-corrected chi connectivity index (χ2v) is 7.36. The van der Waals surface area contributed by atoms with Gasteiger partial charge in [-0.05, 0) is 53.8 Å². The molecule has 6 heteroatoms. The predicted octanol–water partition coefficient (Wildman–Crippen LogP) is 2.10. The van der Waals surface area contributed by atoms with Crippen LogP contribution in [0, 0.1) is 0 Å². The summed E-state index contributed by atoms with van der Waals surface area (Å²) in [5.74, 6) is 1.29. The summed E-state index contributed by atoms with van der Waals surface area (Å²) in [4.78, 5) is 13.9. The van der Waals surface area contributed by atoms with Crippen molar-refractivity contribution in [2.75, 3.05) is 39.4 Å². The molecule has 0 aliphatic carbocycles. The number of aryl methyl sites for hydroxylation is 2. The fourth-order valence-electron chi connectivity index (χ4n) is 3.75. The number of nitrogens with one attached hydrogen (secondary N) is 1. The van der Waals surface area contributed by atoms with Crippen LogP contribution in [0.5, 0.6) is 11.5 Å². The molecule has 3 N–H and O–H groups in total. The largest absolute Gasteiger partial charge is 0.457 e. The molecule has 6 nitrogen and oxygen atoms in total. The highest BCUT2D eigenvalue weighted by atomic mass is 16.5. The van der Waals surface area contributed by atoms with Crippen LogP contribution in [0.1, 0.15) is 27.0 Å². The minimum Gasteiger partial charge on any atom is -0.457 e. The molecule has 2 aromatic rings. The highest BCUT2D eigenvalue weighted by molar-refractivity contribution is 5.93. The number of rotatable bonds is 6. The summed E-state index contributed by atoms with van der Waals surface area (Å²) >= 11 is 0. The fraction of sp³-hybridized carbons (Fsp3) is 0.409. The summed E-state index contributed by atoms with van der Waals surface area (Å²) in [5.41, 5.74) is 9.41. The van der Waals surface area contributed by atoms with Crippen LogP contribution in [0.4, 0.5) is 0 Å². The topological polar surface area (TPSA) is 76.8 Å². The molecule has 1 saturated heterocycles. The molecule has 1 amide bonds. The quantitative estimate of drug-likeness (QED) is 0.750. The average molecular weight is 381 g/mol. The number of fused-ring (bicyclic) bond motifs is 2. The van der Waals surface area contributed by atoms with E-state index >= 15 is 0 Å². The molecular weight excluding hydrogens is 354 g/mol. The summed E-state index contributed by atoms with van der Waals surface area (Å²) in [6, 6.07) is 11.8. The number of hydrogen-bond acceptors (Lipinski definition) is 5. The summed E-state index contributed by atoms with van der Waals surface area (Å²) in [6.07, 6.45) is 1.71. The van der Waals surface area contributed by atoms with Crippen LogP contribution in [0.2, 0.25) is 0 Å². The van der Waals surface area contributed by atoms with E-state index in [2.05, 4.69) is 22.3 Å². The third-order valence-electron chi connectivity index (χ3n) is 5.39. The molecule has 0 aromatic heterocycles. The number of carbonyl (C=O) groups excluding carboxylic acids is 1. The third kappa shape index (κ3) is 4.52. The number of primary amides is 1. The maximum absolute atomic E-state index is 11.4. The van der Waals surface area contributed by atoms with Crippen molar-refractivity contribution in [3.63, 3.8) is 0 Å². The van der Waals surface area contributed by atoms with Crippen LogP contribution in [0.3, 0.4) is 0 Å². The van der Waals surface area contributed by atoms with Crippen LogP contribution >= 0.6 is 0 Å². The lowest BCUT2D eigenvalue weighted by molar-refractivity contribution is 0.0384. The van der Waals surface area contributed by atoms with E-state index in [-0.39, 0.29) is 0 Å². The molecule has 2 aliphatic rings. The maximum atomic E-state index is 11.4. The Hall–Kier alpha value is -2.41. The van der Waals surface area contributed by atoms with Crippen molar-refractivity contribution in [2.24, 2.45) is 5.73 Å². The number of nitrogens with zero attached hydrogens (tertiary/aromatic N) is 1. The van der Waals surface area contributed by atoms with Gasteiger partial charge in [-0.3, -0.25) is 9.69 Å². The normalized spacial score (nSPS) is 16.6. The Morgan fingerprint density at radius 1 is 1.04 bits per heavy atom. The zero-order valence-electron chi connectivity index (χ0n) is 16.1. The van der Waals surface area contributed by atoms with Gasteiger partial charge in [0.1, 0.15) is 11.5 Å². The first-order valence-corrected chi connectivity index (χ1v) is 9.92. The van der Waals surface area contributed by atoms with E-state index < -0.39 is 5.91 Å². The highest BCUT2D eigenvalue weighted by Crippen LogP contribution is 2.34. The maximum Gasteiger partial charge on any atom is 0.248 e. The summed E-state index contributed by atoms with van der Waals surface area (Å²) in [7, 11) is 0. The molecule has 0 spiro atoms. The lowest BCUT2D eigenvalue weighted by atomic mass is 10.0. The van der Waals surface area contributed by atoms with Gasteiger partial charge in [0, 0.05) is 38.3 Å². The van der Waals surface area contributed by atoms with Crippen molar-refractivity contribution >= 4 is 5.91 Å². The molecule has 1 fully saturated rings. The Morgan fingerprint density at radius 2 is 1.75 bits per heavy atom. The lowest BCUT2D eigenvalue weighted by Crippen LogP contribution is -2.40. The molecular formula is C22H27N3O3. The number of nitrogens with two attached hydrogens (primary N) is 1. The van der Waals surface area contributed by atoms with Gasteiger partial charge < -0.3 is 20.5 Å². The number of hydrogen-bond donors (Lipinski definition) is 2. The number of carbonyl (C=O) groups is 1. The van der Waals surface area contributed by atoms with Gasteiger partial charge in [-0.2, -0.15) is 0 Å². The van der Waals surface area contributed by atoms with Crippen LogP contribution in [-0.2, 0) is 24.1 Å². The first-order chi connectivity index (χ1) is 13.7. The van der Waals surface area contributed by atoms with Crippen molar-refractivity contribution in [1.29, 1.82) is 0 Å². The molecule has 0 bridgehead atoms. The van der Waals surface area contributed by atoms with Crippen molar-refractivity contribution in [3.05, 3.63) is 58.7 Å².